The quantitative estimate of drug-likeness (QED) is 0.772. The van der Waals surface area contributed by atoms with Crippen LogP contribution in [0.3, 0.4) is 0 Å². The molecule has 0 unspecified atom stereocenters. The number of likely N-dealkylation sites (N-methyl/N-ethyl adjacent to an activating group) is 1. The third kappa shape index (κ3) is 3.18. The average molecular weight is 348 g/mol. The van der Waals surface area contributed by atoms with Crippen LogP contribution in [0.15, 0.2) is 6.20 Å². The molecule has 0 aromatic carbocycles. The van der Waals surface area contributed by atoms with Gasteiger partial charge in [-0.15, -0.1) is 0 Å². The van der Waals surface area contributed by atoms with Crippen LogP contribution < -0.4 is 5.32 Å². The minimum Gasteiger partial charge on any atom is -0.352 e. The van der Waals surface area contributed by atoms with Crippen LogP contribution in [0.4, 0.5) is 0 Å². The SMILES string of the molecule is CN(CC(=O)NC1CC1)C(=O)c1cn[nH]c1I. The fourth-order valence-corrected chi connectivity index (χ4v) is 1.92. The number of amides is 2. The smallest absolute Gasteiger partial charge is 0.258 e. The molecule has 1 aromatic rings. The molecule has 0 atom stereocenters. The molecular formula is C10H13IN4O2. The van der Waals surface area contributed by atoms with Crippen LogP contribution in [0.25, 0.3) is 0 Å². The molecular weight excluding hydrogens is 335 g/mol. The van der Waals surface area contributed by atoms with Gasteiger partial charge in [0.1, 0.15) is 3.70 Å². The molecule has 6 nitrogen and oxygen atoms in total. The summed E-state index contributed by atoms with van der Waals surface area (Å²) in [6.45, 7) is 0.0800. The lowest BCUT2D eigenvalue weighted by atomic mass is 10.3. The van der Waals surface area contributed by atoms with Crippen LogP contribution in [-0.4, -0.2) is 46.5 Å². The first kappa shape index (κ1) is 12.3. The summed E-state index contributed by atoms with van der Waals surface area (Å²) in [6, 6.07) is 0.320. The summed E-state index contributed by atoms with van der Waals surface area (Å²) in [7, 11) is 1.61. The average Bonchev–Trinajstić information content (AvgIpc) is 2.97. The molecule has 1 heterocycles. The predicted octanol–water partition coefficient (Wildman–Crippen LogP) is 0.365. The molecule has 92 valence electrons. The van der Waals surface area contributed by atoms with E-state index in [9.17, 15) is 9.59 Å². The highest BCUT2D eigenvalue weighted by molar-refractivity contribution is 14.1. The number of carbonyl (C=O) groups is 2. The van der Waals surface area contributed by atoms with Gasteiger partial charge in [-0.1, -0.05) is 0 Å². The zero-order chi connectivity index (χ0) is 12.4. The zero-order valence-electron chi connectivity index (χ0n) is 9.36. The van der Waals surface area contributed by atoms with Crippen LogP contribution in [0.5, 0.6) is 0 Å². The Morgan fingerprint density at radius 3 is 2.88 bits per heavy atom. The number of hydrogen-bond acceptors (Lipinski definition) is 3. The number of nitrogens with zero attached hydrogens (tertiary/aromatic N) is 2. The number of aromatic nitrogens is 2. The Hall–Kier alpha value is -1.12. The van der Waals surface area contributed by atoms with Gasteiger partial charge in [0.25, 0.3) is 5.91 Å². The second kappa shape index (κ2) is 5.03. The van der Waals surface area contributed by atoms with Crippen molar-refractivity contribution in [3.05, 3.63) is 15.5 Å². The first-order valence-corrected chi connectivity index (χ1v) is 6.39. The lowest BCUT2D eigenvalue weighted by molar-refractivity contribution is -0.121. The second-order valence-corrected chi connectivity index (χ2v) is 5.18. The topological polar surface area (TPSA) is 78.1 Å². The van der Waals surface area contributed by atoms with Crippen molar-refractivity contribution in [3.8, 4) is 0 Å². The summed E-state index contributed by atoms with van der Waals surface area (Å²) in [5, 5.41) is 9.31. The maximum absolute atomic E-state index is 11.9. The standard InChI is InChI=1S/C10H13IN4O2/c1-15(5-8(16)13-6-2-3-6)10(17)7-4-12-14-9(7)11/h4,6H,2-3,5H2,1H3,(H,12,14)(H,13,16). The van der Waals surface area contributed by atoms with E-state index in [1.54, 1.807) is 7.05 Å². The van der Waals surface area contributed by atoms with Crippen LogP contribution in [0.2, 0.25) is 0 Å². The van der Waals surface area contributed by atoms with Crippen LogP contribution in [0, 0.1) is 3.70 Å². The Morgan fingerprint density at radius 2 is 2.35 bits per heavy atom. The molecule has 7 heteroatoms. The van der Waals surface area contributed by atoms with Gasteiger partial charge in [0.2, 0.25) is 5.91 Å². The lowest BCUT2D eigenvalue weighted by Crippen LogP contribution is -2.39. The molecule has 1 saturated carbocycles. The largest absolute Gasteiger partial charge is 0.352 e. The normalized spacial score (nSPS) is 14.5. The van der Waals surface area contributed by atoms with E-state index >= 15 is 0 Å². The van der Waals surface area contributed by atoms with Crippen molar-refractivity contribution in [1.82, 2.24) is 20.4 Å². The van der Waals surface area contributed by atoms with E-state index in [2.05, 4.69) is 15.5 Å². The summed E-state index contributed by atoms with van der Waals surface area (Å²) in [5.41, 5.74) is 0.493. The predicted molar refractivity (Wildman–Crippen MR) is 69.4 cm³/mol. The number of aromatic amines is 1. The first-order valence-electron chi connectivity index (χ1n) is 5.31. The van der Waals surface area contributed by atoms with E-state index in [0.717, 1.165) is 12.8 Å². The fourth-order valence-electron chi connectivity index (χ4n) is 1.41. The molecule has 0 saturated heterocycles. The molecule has 2 rings (SSSR count). The number of rotatable bonds is 4. The Labute approximate surface area is 112 Å². The van der Waals surface area contributed by atoms with Crippen molar-refractivity contribution in [2.45, 2.75) is 18.9 Å². The maximum atomic E-state index is 11.9. The first-order chi connectivity index (χ1) is 8.08. The molecule has 1 aliphatic carbocycles. The lowest BCUT2D eigenvalue weighted by Gasteiger charge is -2.15. The van der Waals surface area contributed by atoms with Crippen LogP contribution >= 0.6 is 22.6 Å². The zero-order valence-corrected chi connectivity index (χ0v) is 11.5. The molecule has 0 aliphatic heterocycles. The monoisotopic (exact) mass is 348 g/mol. The van der Waals surface area contributed by atoms with E-state index in [1.165, 1.54) is 11.1 Å². The van der Waals surface area contributed by atoms with Gasteiger partial charge >= 0.3 is 0 Å². The minimum absolute atomic E-state index is 0.0800. The van der Waals surface area contributed by atoms with Crippen molar-refractivity contribution in [2.75, 3.05) is 13.6 Å². The molecule has 0 bridgehead atoms. The molecule has 2 amide bonds. The van der Waals surface area contributed by atoms with E-state index in [1.807, 2.05) is 22.6 Å². The third-order valence-electron chi connectivity index (χ3n) is 2.49. The van der Waals surface area contributed by atoms with Gasteiger partial charge in [0.15, 0.2) is 0 Å². The van der Waals surface area contributed by atoms with Crippen molar-refractivity contribution < 1.29 is 9.59 Å². The highest BCUT2D eigenvalue weighted by atomic mass is 127. The third-order valence-corrected chi connectivity index (χ3v) is 3.32. The van der Waals surface area contributed by atoms with Crippen molar-refractivity contribution >= 4 is 34.4 Å². The van der Waals surface area contributed by atoms with Gasteiger partial charge < -0.3 is 10.2 Å². The van der Waals surface area contributed by atoms with Crippen molar-refractivity contribution in [1.29, 1.82) is 0 Å². The molecule has 17 heavy (non-hydrogen) atoms. The molecule has 1 aliphatic rings. The van der Waals surface area contributed by atoms with E-state index < -0.39 is 0 Å². The number of H-pyrrole nitrogens is 1. The number of hydrogen-bond donors (Lipinski definition) is 2. The van der Waals surface area contributed by atoms with Gasteiger partial charge in [-0.3, -0.25) is 14.7 Å². The summed E-state index contributed by atoms with van der Waals surface area (Å²) in [4.78, 5) is 24.9. The highest BCUT2D eigenvalue weighted by Gasteiger charge is 2.25. The highest BCUT2D eigenvalue weighted by Crippen LogP contribution is 2.18. The molecule has 1 aromatic heterocycles. The fraction of sp³-hybridized carbons (Fsp3) is 0.500. The minimum atomic E-state index is -0.200. The Morgan fingerprint density at radius 1 is 1.65 bits per heavy atom. The van der Waals surface area contributed by atoms with Gasteiger partial charge in [-0.25, -0.2) is 0 Å². The van der Waals surface area contributed by atoms with Crippen LogP contribution in [-0.2, 0) is 4.79 Å². The Kier molecular flexibility index (Phi) is 3.65. The van der Waals surface area contributed by atoms with Gasteiger partial charge in [-0.05, 0) is 35.4 Å². The summed E-state index contributed by atoms with van der Waals surface area (Å²) in [5.74, 6) is -0.309. The molecule has 1 fully saturated rings. The Bertz CT molecular complexity index is 441. The van der Waals surface area contributed by atoms with Crippen LogP contribution in [0.1, 0.15) is 23.2 Å². The molecule has 2 N–H and O–H groups in total. The van der Waals surface area contributed by atoms with Gasteiger partial charge in [0.05, 0.1) is 18.3 Å². The van der Waals surface area contributed by atoms with Crippen molar-refractivity contribution in [2.24, 2.45) is 0 Å². The van der Waals surface area contributed by atoms with Gasteiger partial charge in [0, 0.05) is 13.1 Å². The maximum Gasteiger partial charge on any atom is 0.258 e. The molecule has 0 spiro atoms. The Balaban J connectivity index is 1.90. The second-order valence-electron chi connectivity index (χ2n) is 4.10. The van der Waals surface area contributed by atoms with E-state index in [-0.39, 0.29) is 18.4 Å². The summed E-state index contributed by atoms with van der Waals surface area (Å²) < 4.78 is 0.682. The molecule has 0 radical (unpaired) electrons. The van der Waals surface area contributed by atoms with E-state index in [4.69, 9.17) is 0 Å². The number of halogens is 1. The summed E-state index contributed by atoms with van der Waals surface area (Å²) >= 11 is 2.00. The summed E-state index contributed by atoms with van der Waals surface area (Å²) in [6.07, 6.45) is 3.56. The van der Waals surface area contributed by atoms with E-state index in [0.29, 0.717) is 15.3 Å². The number of carbonyl (C=O) groups excluding carboxylic acids is 2. The number of nitrogens with one attached hydrogen (secondary N) is 2. The van der Waals surface area contributed by atoms with Gasteiger partial charge in [-0.2, -0.15) is 5.10 Å². The van der Waals surface area contributed by atoms with Crippen molar-refractivity contribution in [3.63, 3.8) is 0 Å².